The van der Waals surface area contributed by atoms with Crippen LogP contribution in [0.4, 0.5) is 0 Å². The average molecular weight is 294 g/mol. The zero-order valence-electron chi connectivity index (χ0n) is 11.2. The molecule has 20 heavy (non-hydrogen) atoms. The molecular weight excluding hydrogens is 274 g/mol. The van der Waals surface area contributed by atoms with Gasteiger partial charge in [0.05, 0.1) is 12.7 Å². The second-order valence-electron chi connectivity index (χ2n) is 5.30. The number of nitrogens with one attached hydrogen (secondary N) is 1. The Bertz CT molecular complexity index is 575. The second-order valence-corrected chi connectivity index (χ2v) is 5.30. The van der Waals surface area contributed by atoms with Gasteiger partial charge in [-0.2, -0.15) is 0 Å². The average Bonchev–Trinajstić information content (AvgIpc) is 2.86. The molecule has 3 atom stereocenters. The summed E-state index contributed by atoms with van der Waals surface area (Å²) in [5, 5.41) is 25.0. The van der Waals surface area contributed by atoms with Gasteiger partial charge < -0.3 is 15.5 Å². The Balaban J connectivity index is 0.00000147. The lowest BCUT2D eigenvalue weighted by Gasteiger charge is -2.22. The van der Waals surface area contributed by atoms with E-state index < -0.39 is 0 Å². The van der Waals surface area contributed by atoms with Crippen LogP contribution in [0.3, 0.4) is 0 Å². The minimum atomic E-state index is -0.292. The van der Waals surface area contributed by atoms with Crippen molar-refractivity contribution in [3.8, 4) is 0 Å². The zero-order valence-corrected chi connectivity index (χ0v) is 12.0. The van der Waals surface area contributed by atoms with Crippen LogP contribution in [0.5, 0.6) is 0 Å². The van der Waals surface area contributed by atoms with E-state index in [0.717, 1.165) is 5.56 Å². The molecule has 1 saturated heterocycles. The second kappa shape index (κ2) is 6.55. The lowest BCUT2D eigenvalue weighted by atomic mass is 9.89. The van der Waals surface area contributed by atoms with E-state index in [1.807, 2.05) is 12.1 Å². The highest BCUT2D eigenvalue weighted by Crippen LogP contribution is 2.27. The first-order valence-electron chi connectivity index (χ1n) is 6.79. The third-order valence-electron chi connectivity index (χ3n) is 4.03. The van der Waals surface area contributed by atoms with Crippen molar-refractivity contribution in [2.24, 2.45) is 0 Å². The Morgan fingerprint density at radius 1 is 1.15 bits per heavy atom. The topological polar surface area (TPSA) is 52.5 Å². The van der Waals surface area contributed by atoms with Crippen molar-refractivity contribution in [2.45, 2.75) is 24.5 Å². The normalized spacial score (nSPS) is 23.5. The van der Waals surface area contributed by atoms with Crippen molar-refractivity contribution < 1.29 is 10.2 Å². The Morgan fingerprint density at radius 3 is 2.55 bits per heavy atom. The number of β-amino-alcohol motifs (C(OH)–C–C–N with tert-alkyl or cyclic N) is 1. The summed E-state index contributed by atoms with van der Waals surface area (Å²) in [6, 6.07) is 14.7. The summed E-state index contributed by atoms with van der Waals surface area (Å²) in [6.07, 6.45) is 0.414. The monoisotopic (exact) mass is 293 g/mol. The molecule has 0 spiro atoms. The zero-order chi connectivity index (χ0) is 13.2. The molecule has 0 aliphatic carbocycles. The summed E-state index contributed by atoms with van der Waals surface area (Å²) < 4.78 is 0. The molecule has 1 aliphatic rings. The number of hydrogen-bond donors (Lipinski definition) is 3. The fraction of sp³-hybridized carbons (Fsp3) is 0.375. The summed E-state index contributed by atoms with van der Waals surface area (Å²) in [7, 11) is 0. The predicted molar refractivity (Wildman–Crippen MR) is 83.4 cm³/mol. The maximum atomic E-state index is 9.68. The quantitative estimate of drug-likeness (QED) is 0.812. The molecule has 2 aromatic rings. The van der Waals surface area contributed by atoms with Crippen molar-refractivity contribution in [3.05, 3.63) is 48.0 Å². The van der Waals surface area contributed by atoms with Crippen LogP contribution in [0.25, 0.3) is 10.8 Å². The van der Waals surface area contributed by atoms with Gasteiger partial charge in [-0.1, -0.05) is 42.5 Å². The molecule has 0 bridgehead atoms. The standard InChI is InChI=1S/C16H19NO2.ClH/c18-10-15(16-8-14(19)9-17-16)13-6-5-11-3-1-2-4-12(11)7-13;/h1-7,14-19H,8-10H2;1H/t14-,15-,16+;/m1./s1. The van der Waals surface area contributed by atoms with Gasteiger partial charge in [0, 0.05) is 18.5 Å². The van der Waals surface area contributed by atoms with E-state index in [2.05, 4.69) is 35.6 Å². The maximum Gasteiger partial charge on any atom is 0.0679 e. The van der Waals surface area contributed by atoms with Gasteiger partial charge >= 0.3 is 0 Å². The first kappa shape index (κ1) is 15.3. The van der Waals surface area contributed by atoms with Gasteiger partial charge in [0.15, 0.2) is 0 Å². The molecule has 1 aliphatic heterocycles. The third kappa shape index (κ3) is 2.96. The van der Waals surface area contributed by atoms with E-state index in [1.165, 1.54) is 10.8 Å². The molecule has 0 radical (unpaired) electrons. The molecule has 0 saturated carbocycles. The number of aliphatic hydroxyl groups excluding tert-OH is 2. The van der Waals surface area contributed by atoms with E-state index in [4.69, 9.17) is 0 Å². The van der Waals surface area contributed by atoms with Crippen molar-refractivity contribution in [2.75, 3.05) is 13.2 Å². The van der Waals surface area contributed by atoms with Crippen LogP contribution in [0.2, 0.25) is 0 Å². The molecule has 0 amide bonds. The molecule has 3 rings (SSSR count). The number of benzene rings is 2. The number of fused-ring (bicyclic) bond motifs is 1. The van der Waals surface area contributed by atoms with Crippen LogP contribution in [-0.2, 0) is 0 Å². The molecule has 0 aromatic heterocycles. The first-order valence-corrected chi connectivity index (χ1v) is 6.79. The predicted octanol–water partition coefficient (Wildman–Crippen LogP) is 2.06. The number of hydrogen-bond acceptors (Lipinski definition) is 3. The SMILES string of the molecule is Cl.OC[C@H](c1ccc2ccccc2c1)[C@@H]1C[C@@H](O)CN1. The largest absolute Gasteiger partial charge is 0.396 e. The van der Waals surface area contributed by atoms with Gasteiger partial charge in [0.1, 0.15) is 0 Å². The van der Waals surface area contributed by atoms with Crippen LogP contribution in [-0.4, -0.2) is 35.5 Å². The van der Waals surface area contributed by atoms with E-state index in [1.54, 1.807) is 0 Å². The number of halogens is 1. The lowest BCUT2D eigenvalue weighted by molar-refractivity contribution is 0.186. The molecule has 1 heterocycles. The minimum Gasteiger partial charge on any atom is -0.396 e. The van der Waals surface area contributed by atoms with Crippen LogP contribution in [0.1, 0.15) is 17.9 Å². The molecule has 3 N–H and O–H groups in total. The summed E-state index contributed by atoms with van der Waals surface area (Å²) in [4.78, 5) is 0. The third-order valence-corrected chi connectivity index (χ3v) is 4.03. The fourth-order valence-corrected chi connectivity index (χ4v) is 2.96. The molecule has 3 nitrogen and oxygen atoms in total. The highest BCUT2D eigenvalue weighted by Gasteiger charge is 2.29. The molecule has 0 unspecified atom stereocenters. The highest BCUT2D eigenvalue weighted by atomic mass is 35.5. The summed E-state index contributed by atoms with van der Waals surface area (Å²) in [5.41, 5.74) is 1.13. The summed E-state index contributed by atoms with van der Waals surface area (Å²) >= 11 is 0. The van der Waals surface area contributed by atoms with E-state index in [9.17, 15) is 10.2 Å². The highest BCUT2D eigenvalue weighted by molar-refractivity contribution is 5.85. The van der Waals surface area contributed by atoms with E-state index in [-0.39, 0.29) is 37.1 Å². The first-order chi connectivity index (χ1) is 9.28. The van der Waals surface area contributed by atoms with Gasteiger partial charge in [-0.25, -0.2) is 0 Å². The van der Waals surface area contributed by atoms with Gasteiger partial charge in [-0.3, -0.25) is 0 Å². The van der Waals surface area contributed by atoms with Crippen molar-refractivity contribution in [1.82, 2.24) is 5.32 Å². The maximum absolute atomic E-state index is 9.68. The Hall–Kier alpha value is -1.13. The van der Waals surface area contributed by atoms with Crippen LogP contribution >= 0.6 is 12.4 Å². The van der Waals surface area contributed by atoms with E-state index >= 15 is 0 Å². The molecular formula is C16H20ClNO2. The Morgan fingerprint density at radius 2 is 1.90 bits per heavy atom. The molecule has 4 heteroatoms. The fourth-order valence-electron chi connectivity index (χ4n) is 2.96. The summed E-state index contributed by atoms with van der Waals surface area (Å²) in [6.45, 7) is 0.720. The Labute approximate surface area is 125 Å². The number of aliphatic hydroxyl groups is 2. The number of rotatable bonds is 3. The van der Waals surface area contributed by atoms with Gasteiger partial charge in [0.25, 0.3) is 0 Å². The van der Waals surface area contributed by atoms with E-state index in [0.29, 0.717) is 13.0 Å². The van der Waals surface area contributed by atoms with Crippen molar-refractivity contribution >= 4 is 23.2 Å². The molecule has 108 valence electrons. The molecule has 2 aromatic carbocycles. The minimum absolute atomic E-state index is 0. The van der Waals surface area contributed by atoms with Crippen molar-refractivity contribution in [3.63, 3.8) is 0 Å². The van der Waals surface area contributed by atoms with Crippen LogP contribution < -0.4 is 5.32 Å². The van der Waals surface area contributed by atoms with Crippen molar-refractivity contribution in [1.29, 1.82) is 0 Å². The lowest BCUT2D eigenvalue weighted by Crippen LogP contribution is -2.31. The molecule has 1 fully saturated rings. The van der Waals surface area contributed by atoms with Gasteiger partial charge in [-0.15, -0.1) is 12.4 Å². The smallest absolute Gasteiger partial charge is 0.0679 e. The van der Waals surface area contributed by atoms with Crippen LogP contribution in [0, 0.1) is 0 Å². The summed E-state index contributed by atoms with van der Waals surface area (Å²) in [5.74, 6) is 0.0433. The van der Waals surface area contributed by atoms with Crippen LogP contribution in [0.15, 0.2) is 42.5 Å². The Kier molecular flexibility index (Phi) is 5.00. The van der Waals surface area contributed by atoms with Gasteiger partial charge in [0.2, 0.25) is 0 Å². The van der Waals surface area contributed by atoms with Gasteiger partial charge in [-0.05, 0) is 22.8 Å².